The normalized spacial score (nSPS) is 20.7. The van der Waals surface area contributed by atoms with Gasteiger partial charge in [0.2, 0.25) is 5.91 Å². The molecule has 0 unspecified atom stereocenters. The second-order valence-electron chi connectivity index (χ2n) is 8.81. The third-order valence-corrected chi connectivity index (χ3v) is 8.04. The van der Waals surface area contributed by atoms with Crippen LogP contribution >= 0.6 is 22.9 Å². The first kappa shape index (κ1) is 22.4. The molecule has 0 radical (unpaired) electrons. The van der Waals surface area contributed by atoms with E-state index < -0.39 is 5.97 Å². The van der Waals surface area contributed by atoms with Crippen molar-refractivity contribution in [1.82, 2.24) is 14.5 Å². The molecule has 2 aliphatic rings. The van der Waals surface area contributed by atoms with Crippen molar-refractivity contribution in [3.63, 3.8) is 0 Å². The van der Waals surface area contributed by atoms with Gasteiger partial charge in [0.05, 0.1) is 30.1 Å². The van der Waals surface area contributed by atoms with Crippen LogP contribution in [0.3, 0.4) is 0 Å². The molecule has 9 heteroatoms. The quantitative estimate of drug-likeness (QED) is 0.559. The molecule has 0 aromatic carbocycles. The maximum atomic E-state index is 13.0. The fourth-order valence-electron chi connectivity index (χ4n) is 4.99. The minimum Gasteiger partial charge on any atom is -0.481 e. The molecule has 0 saturated heterocycles. The van der Waals surface area contributed by atoms with Crippen LogP contribution in [0.1, 0.15) is 41.8 Å². The summed E-state index contributed by atoms with van der Waals surface area (Å²) in [6.45, 7) is 1.89. The summed E-state index contributed by atoms with van der Waals surface area (Å²) in [7, 11) is 0. The zero-order valence-electron chi connectivity index (χ0n) is 18.2. The van der Waals surface area contributed by atoms with Crippen LogP contribution in [0, 0.1) is 5.92 Å². The van der Waals surface area contributed by atoms with Crippen LogP contribution < -0.4 is 0 Å². The van der Waals surface area contributed by atoms with Crippen molar-refractivity contribution >= 4 is 45.8 Å². The number of ether oxygens (including phenoxy) is 1. The van der Waals surface area contributed by atoms with Gasteiger partial charge in [0.15, 0.2) is 0 Å². The molecule has 1 fully saturated rings. The van der Waals surface area contributed by atoms with Gasteiger partial charge in [0.1, 0.15) is 12.3 Å². The summed E-state index contributed by atoms with van der Waals surface area (Å²) in [5.74, 6) is -1.04. The van der Waals surface area contributed by atoms with Gasteiger partial charge < -0.3 is 19.3 Å². The van der Waals surface area contributed by atoms with Gasteiger partial charge in [-0.25, -0.2) is 4.98 Å². The topological polar surface area (TPSA) is 84.7 Å². The maximum Gasteiger partial charge on any atom is 0.306 e. The molecule has 1 aliphatic carbocycles. The van der Waals surface area contributed by atoms with Crippen molar-refractivity contribution in [3.05, 3.63) is 50.9 Å². The molecule has 3 aromatic heterocycles. The molecule has 1 amide bonds. The second-order valence-corrected chi connectivity index (χ2v) is 10.2. The number of aliphatic carboxylic acids is 1. The Kier molecular flexibility index (Phi) is 6.40. The van der Waals surface area contributed by atoms with Gasteiger partial charge in [0.25, 0.3) is 0 Å². The summed E-state index contributed by atoms with van der Waals surface area (Å²) in [6, 6.07) is 6.04. The summed E-state index contributed by atoms with van der Waals surface area (Å²) < 4.78 is 8.09. The Bertz CT molecular complexity index is 1180. The molecule has 1 N–H and O–H groups in total. The van der Waals surface area contributed by atoms with E-state index in [9.17, 15) is 9.59 Å². The van der Waals surface area contributed by atoms with Gasteiger partial charge in [-0.15, -0.1) is 11.3 Å². The first-order valence-corrected chi connectivity index (χ1v) is 12.6. The molecule has 3 aromatic rings. The number of carbonyl (C=O) groups excluding carboxylic acids is 1. The van der Waals surface area contributed by atoms with Crippen LogP contribution in [0.15, 0.2) is 29.8 Å². The van der Waals surface area contributed by atoms with Gasteiger partial charge >= 0.3 is 5.97 Å². The highest BCUT2D eigenvalue weighted by Crippen LogP contribution is 2.32. The summed E-state index contributed by atoms with van der Waals surface area (Å²) in [4.78, 5) is 31.8. The van der Waals surface area contributed by atoms with Crippen LogP contribution in [0.4, 0.5) is 0 Å². The number of carboxylic acids is 1. The number of hydrogen-bond acceptors (Lipinski definition) is 5. The molecule has 1 saturated carbocycles. The Labute approximate surface area is 200 Å². The molecule has 5 rings (SSSR count). The highest BCUT2D eigenvalue weighted by molar-refractivity contribution is 7.10. The highest BCUT2D eigenvalue weighted by Gasteiger charge is 2.30. The van der Waals surface area contributed by atoms with E-state index in [2.05, 4.69) is 15.6 Å². The molecule has 7 nitrogen and oxygen atoms in total. The average molecular weight is 488 g/mol. The standard InChI is InChI=1S/C24H26ClN3O4S/c25-16-10-18(33-14-16)11-28-21-12-27(9-7-19(21)20-2-1-8-26-23(20)28)22(29)13-32-17-5-3-15(4-6-17)24(30)31/h1-2,8,10,14-15,17H,3-7,9,11-13H2,(H,30,31)/t15-,17+. The Morgan fingerprint density at radius 1 is 1.27 bits per heavy atom. The first-order chi connectivity index (χ1) is 16.0. The van der Waals surface area contributed by atoms with Crippen LogP contribution in [-0.2, 0) is 33.8 Å². The zero-order chi connectivity index (χ0) is 22.9. The van der Waals surface area contributed by atoms with Crippen molar-refractivity contribution in [2.75, 3.05) is 13.2 Å². The van der Waals surface area contributed by atoms with E-state index in [-0.39, 0.29) is 24.5 Å². The third kappa shape index (κ3) is 4.65. The van der Waals surface area contributed by atoms with E-state index in [1.54, 1.807) is 11.3 Å². The fourth-order valence-corrected chi connectivity index (χ4v) is 6.05. The van der Waals surface area contributed by atoms with E-state index in [1.165, 1.54) is 5.56 Å². The van der Waals surface area contributed by atoms with E-state index >= 15 is 0 Å². The minimum absolute atomic E-state index is 0.0232. The van der Waals surface area contributed by atoms with Gasteiger partial charge in [-0.2, -0.15) is 0 Å². The Morgan fingerprint density at radius 3 is 2.82 bits per heavy atom. The number of nitrogens with zero attached hydrogens (tertiary/aromatic N) is 3. The molecule has 0 bridgehead atoms. The lowest BCUT2D eigenvalue weighted by molar-refractivity contribution is -0.146. The van der Waals surface area contributed by atoms with Crippen molar-refractivity contribution in [3.8, 4) is 0 Å². The van der Waals surface area contributed by atoms with Gasteiger partial charge in [-0.3, -0.25) is 9.59 Å². The van der Waals surface area contributed by atoms with Crippen molar-refractivity contribution < 1.29 is 19.4 Å². The molecule has 0 spiro atoms. The fraction of sp³-hybridized carbons (Fsp3) is 0.458. The monoisotopic (exact) mass is 487 g/mol. The second kappa shape index (κ2) is 9.44. The van der Waals surface area contributed by atoms with Crippen LogP contribution in [0.25, 0.3) is 11.0 Å². The predicted molar refractivity (Wildman–Crippen MR) is 127 cm³/mol. The van der Waals surface area contributed by atoms with Crippen LogP contribution in [0.2, 0.25) is 5.02 Å². The number of aromatic nitrogens is 2. The van der Waals surface area contributed by atoms with Gasteiger partial charge in [-0.05, 0) is 55.9 Å². The Balaban J connectivity index is 1.29. The van der Waals surface area contributed by atoms with Crippen molar-refractivity contribution in [2.24, 2.45) is 5.92 Å². The predicted octanol–water partition coefficient (Wildman–Crippen LogP) is 4.34. The van der Waals surface area contributed by atoms with Gasteiger partial charge in [0, 0.05) is 34.1 Å². The number of fused-ring (bicyclic) bond motifs is 3. The number of rotatable bonds is 6. The number of pyridine rings is 1. The lowest BCUT2D eigenvalue weighted by Gasteiger charge is -2.30. The molecule has 4 heterocycles. The number of hydrogen-bond donors (Lipinski definition) is 1. The molecule has 0 atom stereocenters. The molecule has 174 valence electrons. The summed E-state index contributed by atoms with van der Waals surface area (Å²) in [5, 5.41) is 13.0. The SMILES string of the molecule is O=C(CO[C@H]1CC[C@@H](C(=O)O)CC1)N1CCc2c(n(Cc3cc(Cl)cs3)c3ncccc23)C1. The lowest BCUT2D eigenvalue weighted by Crippen LogP contribution is -2.40. The van der Waals surface area contributed by atoms with E-state index in [1.807, 2.05) is 28.6 Å². The van der Waals surface area contributed by atoms with E-state index in [0.717, 1.165) is 33.0 Å². The lowest BCUT2D eigenvalue weighted by atomic mass is 9.87. The molecular weight excluding hydrogens is 462 g/mol. The zero-order valence-corrected chi connectivity index (χ0v) is 19.8. The molecule has 1 aliphatic heterocycles. The molecular formula is C24H26ClN3O4S. The maximum absolute atomic E-state index is 13.0. The van der Waals surface area contributed by atoms with E-state index in [0.29, 0.717) is 45.3 Å². The van der Waals surface area contributed by atoms with Gasteiger partial charge in [-0.1, -0.05) is 11.6 Å². The Hall–Kier alpha value is -2.42. The third-order valence-electron chi connectivity index (χ3n) is 6.77. The summed E-state index contributed by atoms with van der Waals surface area (Å²) in [6.07, 6.45) is 5.16. The summed E-state index contributed by atoms with van der Waals surface area (Å²) in [5.41, 5.74) is 3.32. The number of halogens is 1. The number of amides is 1. The number of carboxylic acid groups (broad SMARTS) is 1. The number of carbonyl (C=O) groups is 2. The summed E-state index contributed by atoms with van der Waals surface area (Å²) >= 11 is 7.76. The van der Waals surface area contributed by atoms with E-state index in [4.69, 9.17) is 21.4 Å². The largest absolute Gasteiger partial charge is 0.481 e. The average Bonchev–Trinajstić information content (AvgIpc) is 3.38. The first-order valence-electron chi connectivity index (χ1n) is 11.3. The number of thiophene rings is 1. The van der Waals surface area contributed by atoms with Crippen LogP contribution in [-0.4, -0.2) is 50.7 Å². The van der Waals surface area contributed by atoms with Crippen LogP contribution in [0.5, 0.6) is 0 Å². The highest BCUT2D eigenvalue weighted by atomic mass is 35.5. The molecule has 33 heavy (non-hydrogen) atoms. The van der Waals surface area contributed by atoms with Crippen molar-refractivity contribution in [2.45, 2.75) is 51.3 Å². The Morgan fingerprint density at radius 2 is 2.09 bits per heavy atom. The minimum atomic E-state index is -0.733. The van der Waals surface area contributed by atoms with Crippen molar-refractivity contribution in [1.29, 1.82) is 0 Å². The smallest absolute Gasteiger partial charge is 0.306 e.